The van der Waals surface area contributed by atoms with E-state index in [2.05, 4.69) is 13.2 Å². The van der Waals surface area contributed by atoms with Crippen molar-refractivity contribution in [3.05, 3.63) is 24.7 Å². The van der Waals surface area contributed by atoms with Gasteiger partial charge in [0.2, 0.25) is 0 Å². The normalized spacial score (nSPS) is 15.8. The van der Waals surface area contributed by atoms with Crippen LogP contribution in [0.2, 0.25) is 0 Å². The van der Waals surface area contributed by atoms with Crippen LogP contribution in [0.3, 0.4) is 0 Å². The maximum atomic E-state index is 12.2. The zero-order chi connectivity index (χ0) is 8.31. The van der Waals surface area contributed by atoms with E-state index in [1.165, 1.54) is 0 Å². The van der Waals surface area contributed by atoms with Crippen LogP contribution in [0.25, 0.3) is 0 Å². The van der Waals surface area contributed by atoms with E-state index in [0.29, 0.717) is 0 Å². The molecule has 0 saturated carbocycles. The second kappa shape index (κ2) is 3.20. The fourth-order valence-electron chi connectivity index (χ4n) is 0.338. The minimum Gasteiger partial charge on any atom is -0.510 e. The predicted molar refractivity (Wildman–Crippen MR) is 33.3 cm³/mol. The zero-order valence-electron chi connectivity index (χ0n) is 5.22. The van der Waals surface area contributed by atoms with Gasteiger partial charge in [0.25, 0.3) is 0 Å². The lowest BCUT2D eigenvalue weighted by Gasteiger charge is -2.09. The molecule has 0 aliphatic rings. The Morgan fingerprint density at radius 1 is 1.00 bits per heavy atom. The minimum absolute atomic E-state index is 0.956. The molecule has 4 heteroatoms. The standard InChI is InChI=1S/C6H8F2O2/c1-3(9)5(7)6(8)4(2)10/h5-6,9-10H,1-2H2. The number of allylic oxidation sites excluding steroid dienone is 2. The van der Waals surface area contributed by atoms with Crippen molar-refractivity contribution < 1.29 is 19.0 Å². The Hall–Kier alpha value is -1.06. The Morgan fingerprint density at radius 3 is 1.30 bits per heavy atom. The molecule has 2 nitrogen and oxygen atoms in total. The number of hydrogen-bond donors (Lipinski definition) is 2. The average Bonchev–Trinajstić information content (AvgIpc) is 1.84. The third-order valence-electron chi connectivity index (χ3n) is 0.894. The first-order chi connectivity index (χ1) is 4.46. The van der Waals surface area contributed by atoms with Crippen molar-refractivity contribution in [3.8, 4) is 0 Å². The third kappa shape index (κ3) is 2.05. The quantitative estimate of drug-likeness (QED) is 0.602. The maximum absolute atomic E-state index is 12.2. The van der Waals surface area contributed by atoms with Gasteiger partial charge in [-0.3, -0.25) is 0 Å². The number of aliphatic hydroxyl groups is 2. The highest BCUT2D eigenvalue weighted by atomic mass is 19.2. The Kier molecular flexibility index (Phi) is 2.86. The van der Waals surface area contributed by atoms with Crippen molar-refractivity contribution in [1.29, 1.82) is 0 Å². The molecular formula is C6H8F2O2. The largest absolute Gasteiger partial charge is 0.510 e. The fraction of sp³-hybridized carbons (Fsp3) is 0.333. The van der Waals surface area contributed by atoms with Crippen LogP contribution in [0.4, 0.5) is 8.78 Å². The molecule has 0 aliphatic heterocycles. The van der Waals surface area contributed by atoms with Crippen molar-refractivity contribution in [2.75, 3.05) is 0 Å². The molecule has 0 amide bonds. The summed E-state index contributed by atoms with van der Waals surface area (Å²) in [5.74, 6) is -1.91. The van der Waals surface area contributed by atoms with E-state index in [4.69, 9.17) is 10.2 Å². The summed E-state index contributed by atoms with van der Waals surface area (Å²) in [5.41, 5.74) is 0. The summed E-state index contributed by atoms with van der Waals surface area (Å²) >= 11 is 0. The molecule has 10 heavy (non-hydrogen) atoms. The van der Waals surface area contributed by atoms with E-state index in [1.54, 1.807) is 0 Å². The molecule has 2 N–H and O–H groups in total. The van der Waals surface area contributed by atoms with Crippen LogP contribution in [0.5, 0.6) is 0 Å². The molecule has 0 fully saturated rings. The first kappa shape index (κ1) is 8.94. The fourth-order valence-corrected chi connectivity index (χ4v) is 0.338. The van der Waals surface area contributed by atoms with Crippen molar-refractivity contribution in [2.24, 2.45) is 0 Å². The number of alkyl halides is 2. The topological polar surface area (TPSA) is 40.5 Å². The Morgan fingerprint density at radius 2 is 1.20 bits per heavy atom. The van der Waals surface area contributed by atoms with Crippen molar-refractivity contribution >= 4 is 0 Å². The van der Waals surface area contributed by atoms with Gasteiger partial charge in [0.15, 0.2) is 12.3 Å². The van der Waals surface area contributed by atoms with Crippen LogP contribution in [-0.2, 0) is 0 Å². The first-order valence-electron chi connectivity index (χ1n) is 2.50. The molecule has 0 aromatic rings. The van der Waals surface area contributed by atoms with E-state index in [1.807, 2.05) is 0 Å². The Balaban J connectivity index is 4.07. The number of rotatable bonds is 3. The lowest BCUT2D eigenvalue weighted by Crippen LogP contribution is -2.20. The Bertz CT molecular complexity index is 138. The Labute approximate surface area is 57.1 Å². The summed E-state index contributed by atoms with van der Waals surface area (Å²) in [6, 6.07) is 0. The molecule has 0 bridgehead atoms. The number of aliphatic hydroxyl groups excluding tert-OH is 2. The molecule has 0 saturated heterocycles. The molecule has 0 aromatic heterocycles. The van der Waals surface area contributed by atoms with Gasteiger partial charge in [0.1, 0.15) is 11.5 Å². The van der Waals surface area contributed by atoms with Crippen molar-refractivity contribution in [3.63, 3.8) is 0 Å². The second-order valence-electron chi connectivity index (χ2n) is 1.79. The van der Waals surface area contributed by atoms with Gasteiger partial charge in [-0.05, 0) is 0 Å². The van der Waals surface area contributed by atoms with Gasteiger partial charge in [-0.15, -0.1) is 0 Å². The number of halogens is 2. The van der Waals surface area contributed by atoms with Crippen molar-refractivity contribution in [1.82, 2.24) is 0 Å². The summed E-state index contributed by atoms with van der Waals surface area (Å²) in [6.07, 6.45) is -4.59. The highest BCUT2D eigenvalue weighted by Gasteiger charge is 2.25. The van der Waals surface area contributed by atoms with Crippen LogP contribution in [-0.4, -0.2) is 22.6 Å². The van der Waals surface area contributed by atoms with Crippen LogP contribution in [0.1, 0.15) is 0 Å². The van der Waals surface area contributed by atoms with Crippen LogP contribution >= 0.6 is 0 Å². The van der Waals surface area contributed by atoms with Crippen molar-refractivity contribution in [2.45, 2.75) is 12.3 Å². The second-order valence-corrected chi connectivity index (χ2v) is 1.79. The molecule has 0 radical (unpaired) electrons. The maximum Gasteiger partial charge on any atom is 0.194 e. The smallest absolute Gasteiger partial charge is 0.194 e. The SMILES string of the molecule is C=C(O)C(F)C(F)C(=C)O. The van der Waals surface area contributed by atoms with E-state index < -0.39 is 23.9 Å². The zero-order valence-corrected chi connectivity index (χ0v) is 5.22. The highest BCUT2D eigenvalue weighted by molar-refractivity contribution is 5.04. The van der Waals surface area contributed by atoms with Gasteiger partial charge in [0, 0.05) is 0 Å². The molecule has 0 rings (SSSR count). The van der Waals surface area contributed by atoms with E-state index in [0.717, 1.165) is 0 Å². The van der Waals surface area contributed by atoms with Gasteiger partial charge < -0.3 is 10.2 Å². The van der Waals surface area contributed by atoms with Crippen LogP contribution in [0, 0.1) is 0 Å². The summed E-state index contributed by atoms with van der Waals surface area (Å²) in [6.45, 7) is 5.49. The summed E-state index contributed by atoms with van der Waals surface area (Å²) in [4.78, 5) is 0. The molecule has 2 atom stereocenters. The lowest BCUT2D eigenvalue weighted by atomic mass is 10.2. The molecule has 0 aliphatic carbocycles. The van der Waals surface area contributed by atoms with Gasteiger partial charge in [-0.1, -0.05) is 13.2 Å². The molecule has 58 valence electrons. The summed E-state index contributed by atoms with van der Waals surface area (Å²) < 4.78 is 24.4. The molecule has 2 unspecified atom stereocenters. The molecular weight excluding hydrogens is 142 g/mol. The average molecular weight is 150 g/mol. The van der Waals surface area contributed by atoms with Gasteiger partial charge in [-0.2, -0.15) is 0 Å². The molecule has 0 aromatic carbocycles. The predicted octanol–water partition coefficient (Wildman–Crippen LogP) is 1.81. The van der Waals surface area contributed by atoms with Crippen LogP contribution in [0.15, 0.2) is 24.7 Å². The summed E-state index contributed by atoms with van der Waals surface area (Å²) in [7, 11) is 0. The van der Waals surface area contributed by atoms with Crippen LogP contribution < -0.4 is 0 Å². The monoisotopic (exact) mass is 150 g/mol. The summed E-state index contributed by atoms with van der Waals surface area (Å²) in [5, 5.41) is 16.6. The van der Waals surface area contributed by atoms with Gasteiger partial charge in [0.05, 0.1) is 0 Å². The van der Waals surface area contributed by atoms with E-state index in [9.17, 15) is 8.78 Å². The molecule has 0 spiro atoms. The number of hydrogen-bond acceptors (Lipinski definition) is 2. The highest BCUT2D eigenvalue weighted by Crippen LogP contribution is 2.14. The lowest BCUT2D eigenvalue weighted by molar-refractivity contribution is 0.138. The van der Waals surface area contributed by atoms with E-state index >= 15 is 0 Å². The van der Waals surface area contributed by atoms with Gasteiger partial charge in [-0.25, -0.2) is 8.78 Å². The first-order valence-corrected chi connectivity index (χ1v) is 2.50. The minimum atomic E-state index is -2.29. The van der Waals surface area contributed by atoms with Gasteiger partial charge >= 0.3 is 0 Å². The van der Waals surface area contributed by atoms with E-state index in [-0.39, 0.29) is 0 Å². The molecule has 0 heterocycles. The third-order valence-corrected chi connectivity index (χ3v) is 0.894.